The van der Waals surface area contributed by atoms with Gasteiger partial charge in [-0.25, -0.2) is 4.98 Å². The normalized spacial score (nSPS) is 25.8. The van der Waals surface area contributed by atoms with Crippen LogP contribution in [0, 0.1) is 0 Å². The first-order valence-electron chi connectivity index (χ1n) is 8.54. The molecule has 3 rings (SSSR count). The Bertz CT molecular complexity index is 741. The molecule has 1 aliphatic rings. The Kier molecular flexibility index (Phi) is 5.84. The first kappa shape index (κ1) is 18.7. The van der Waals surface area contributed by atoms with Crippen LogP contribution in [0.3, 0.4) is 0 Å². The second-order valence-corrected chi connectivity index (χ2v) is 6.19. The van der Waals surface area contributed by atoms with Crippen LogP contribution in [0.1, 0.15) is 25.5 Å². The highest BCUT2D eigenvalue weighted by atomic mass is 16.6. The molecule has 0 aliphatic carbocycles. The number of fused-ring (bicyclic) bond motifs is 1. The molecular weight excluding hydrogens is 344 g/mol. The summed E-state index contributed by atoms with van der Waals surface area (Å²) in [6, 6.07) is 0. The third kappa shape index (κ3) is 3.57. The monoisotopic (exact) mass is 368 g/mol. The molecule has 0 spiro atoms. The van der Waals surface area contributed by atoms with Crippen molar-refractivity contribution in [2.75, 3.05) is 30.8 Å². The van der Waals surface area contributed by atoms with E-state index in [1.165, 1.54) is 10.9 Å². The predicted octanol–water partition coefficient (Wildman–Crippen LogP) is -1.41. The van der Waals surface area contributed by atoms with E-state index in [-0.39, 0.29) is 12.6 Å². The molecule has 4 atom stereocenters. The van der Waals surface area contributed by atoms with Crippen LogP contribution < -0.4 is 11.1 Å². The van der Waals surface area contributed by atoms with E-state index >= 15 is 0 Å². The van der Waals surface area contributed by atoms with Gasteiger partial charge < -0.3 is 36.2 Å². The van der Waals surface area contributed by atoms with Crippen molar-refractivity contribution in [2.45, 2.75) is 43.8 Å². The fourth-order valence-corrected chi connectivity index (χ4v) is 2.97. The minimum Gasteiger partial charge on any atom is -0.396 e. The van der Waals surface area contributed by atoms with E-state index in [2.05, 4.69) is 20.3 Å². The molecule has 11 nitrogen and oxygen atoms in total. The number of anilines is 2. The molecule has 0 aromatic carbocycles. The maximum atomic E-state index is 10.2. The smallest absolute Gasteiger partial charge is 0.224 e. The minimum atomic E-state index is -1.24. The Morgan fingerprint density at radius 2 is 1.96 bits per heavy atom. The number of hydrogen-bond acceptors (Lipinski definition) is 10. The van der Waals surface area contributed by atoms with Gasteiger partial charge in [-0.15, -0.1) is 0 Å². The highest BCUT2D eigenvalue weighted by Crippen LogP contribution is 2.32. The van der Waals surface area contributed by atoms with Crippen LogP contribution in [0.4, 0.5) is 11.8 Å². The van der Waals surface area contributed by atoms with Gasteiger partial charge in [-0.2, -0.15) is 9.97 Å². The molecule has 0 saturated carbocycles. The average molecular weight is 368 g/mol. The van der Waals surface area contributed by atoms with Crippen LogP contribution in [0.5, 0.6) is 0 Å². The molecule has 11 heteroatoms. The van der Waals surface area contributed by atoms with Crippen molar-refractivity contribution in [1.29, 1.82) is 0 Å². The first-order chi connectivity index (χ1) is 12.6. The molecule has 0 radical (unpaired) electrons. The molecule has 2 aromatic heterocycles. The third-order valence-corrected chi connectivity index (χ3v) is 4.36. The lowest BCUT2D eigenvalue weighted by Crippen LogP contribution is -2.33. The number of aromatic nitrogens is 4. The second kappa shape index (κ2) is 8.10. The van der Waals surface area contributed by atoms with E-state index in [4.69, 9.17) is 15.6 Å². The molecule has 2 aromatic rings. The van der Waals surface area contributed by atoms with E-state index in [9.17, 15) is 15.3 Å². The van der Waals surface area contributed by atoms with E-state index in [1.54, 1.807) is 0 Å². The Morgan fingerprint density at radius 3 is 2.65 bits per heavy atom. The van der Waals surface area contributed by atoms with Crippen molar-refractivity contribution in [3.8, 4) is 0 Å². The van der Waals surface area contributed by atoms with Crippen molar-refractivity contribution in [1.82, 2.24) is 19.5 Å². The minimum absolute atomic E-state index is 0.0313. The molecule has 0 unspecified atom stereocenters. The van der Waals surface area contributed by atoms with Gasteiger partial charge in [0.2, 0.25) is 5.95 Å². The van der Waals surface area contributed by atoms with Crippen LogP contribution >= 0.6 is 0 Å². The quantitative estimate of drug-likeness (QED) is 0.304. The summed E-state index contributed by atoms with van der Waals surface area (Å²) in [5.74, 6) is 0.492. The fraction of sp³-hybridized carbons (Fsp3) is 0.667. The van der Waals surface area contributed by atoms with Gasteiger partial charge in [-0.1, -0.05) is 0 Å². The number of ether oxygens (including phenoxy) is 1. The lowest BCUT2D eigenvalue weighted by molar-refractivity contribution is -0.0511. The van der Waals surface area contributed by atoms with Gasteiger partial charge in [0.15, 0.2) is 23.2 Å². The number of nitrogens with one attached hydrogen (secondary N) is 1. The van der Waals surface area contributed by atoms with Crippen LogP contribution in [-0.2, 0) is 4.74 Å². The standard InChI is InChI=1S/C15H24N6O5/c16-15-19-12(17-4-2-1-3-5-22)9-13(20-15)21(7-18-9)14-11(25)10(24)8(6-23)26-14/h7-8,10-11,14,22-25H,1-6H2,(H3,16,17,19,20)/t8-,10-,11-,14-/m1/s1. The largest absolute Gasteiger partial charge is 0.396 e. The number of imidazole rings is 1. The van der Waals surface area contributed by atoms with Gasteiger partial charge in [0.25, 0.3) is 0 Å². The number of unbranched alkanes of at least 4 members (excludes halogenated alkanes) is 2. The van der Waals surface area contributed by atoms with Gasteiger partial charge >= 0.3 is 0 Å². The molecule has 3 heterocycles. The van der Waals surface area contributed by atoms with E-state index < -0.39 is 31.1 Å². The van der Waals surface area contributed by atoms with Crippen molar-refractivity contribution < 1.29 is 25.2 Å². The summed E-state index contributed by atoms with van der Waals surface area (Å²) in [6.07, 6.45) is -0.402. The molecule has 7 N–H and O–H groups in total. The number of aliphatic hydroxyl groups excluding tert-OH is 4. The van der Waals surface area contributed by atoms with E-state index in [0.717, 1.165) is 19.3 Å². The van der Waals surface area contributed by atoms with Crippen LogP contribution in [0.25, 0.3) is 11.2 Å². The second-order valence-electron chi connectivity index (χ2n) is 6.19. The number of nitrogen functional groups attached to an aromatic ring is 1. The van der Waals surface area contributed by atoms with Crippen LogP contribution in [0.15, 0.2) is 6.33 Å². The zero-order valence-electron chi connectivity index (χ0n) is 14.2. The topological polar surface area (TPSA) is 172 Å². The first-order valence-corrected chi connectivity index (χ1v) is 8.54. The molecular formula is C15H24N6O5. The predicted molar refractivity (Wildman–Crippen MR) is 92.2 cm³/mol. The molecule has 1 aliphatic heterocycles. The summed E-state index contributed by atoms with van der Waals surface area (Å²) < 4.78 is 6.99. The Balaban J connectivity index is 1.83. The highest BCUT2D eigenvalue weighted by molar-refractivity contribution is 5.84. The van der Waals surface area contributed by atoms with E-state index in [0.29, 0.717) is 23.5 Å². The SMILES string of the molecule is Nc1nc(NCCCCCO)c2ncn([C@@H]3O[C@H](CO)[C@@H](O)[C@H]3O)c2n1. The van der Waals surface area contributed by atoms with Crippen LogP contribution in [-0.4, -0.2) is 78.0 Å². The number of aliphatic hydroxyl groups is 4. The third-order valence-electron chi connectivity index (χ3n) is 4.36. The van der Waals surface area contributed by atoms with Gasteiger partial charge in [-0.05, 0) is 19.3 Å². The lowest BCUT2D eigenvalue weighted by Gasteiger charge is -2.16. The number of nitrogens with two attached hydrogens (primary N) is 1. The van der Waals surface area contributed by atoms with Crippen molar-refractivity contribution in [3.63, 3.8) is 0 Å². The Hall–Kier alpha value is -2.05. The van der Waals surface area contributed by atoms with Crippen molar-refractivity contribution >= 4 is 22.9 Å². The summed E-state index contributed by atoms with van der Waals surface area (Å²) in [5.41, 5.74) is 6.60. The Labute approximate surface area is 149 Å². The summed E-state index contributed by atoms with van der Waals surface area (Å²) in [7, 11) is 0. The number of nitrogens with zero attached hydrogens (tertiary/aromatic N) is 4. The maximum absolute atomic E-state index is 10.2. The number of hydrogen-bond donors (Lipinski definition) is 6. The van der Waals surface area contributed by atoms with Crippen molar-refractivity contribution in [2.24, 2.45) is 0 Å². The summed E-state index contributed by atoms with van der Waals surface area (Å²) in [6.45, 7) is 0.380. The maximum Gasteiger partial charge on any atom is 0.224 e. The lowest BCUT2D eigenvalue weighted by atomic mass is 10.1. The molecule has 0 bridgehead atoms. The van der Waals surface area contributed by atoms with Crippen LogP contribution in [0.2, 0.25) is 0 Å². The summed E-state index contributed by atoms with van der Waals surface area (Å²) >= 11 is 0. The number of rotatable bonds is 8. The molecule has 26 heavy (non-hydrogen) atoms. The fourth-order valence-electron chi connectivity index (χ4n) is 2.97. The Morgan fingerprint density at radius 1 is 1.15 bits per heavy atom. The molecule has 144 valence electrons. The van der Waals surface area contributed by atoms with E-state index in [1.807, 2.05) is 0 Å². The van der Waals surface area contributed by atoms with Gasteiger partial charge in [-0.3, -0.25) is 4.57 Å². The van der Waals surface area contributed by atoms with Gasteiger partial charge in [0, 0.05) is 13.2 Å². The molecule has 0 amide bonds. The zero-order valence-corrected chi connectivity index (χ0v) is 14.2. The van der Waals surface area contributed by atoms with Gasteiger partial charge in [0.1, 0.15) is 18.3 Å². The molecule has 1 fully saturated rings. The zero-order chi connectivity index (χ0) is 18.7. The molecule has 1 saturated heterocycles. The summed E-state index contributed by atoms with van der Waals surface area (Å²) in [5, 5.41) is 41.3. The average Bonchev–Trinajstić information content (AvgIpc) is 3.16. The van der Waals surface area contributed by atoms with Gasteiger partial charge in [0.05, 0.1) is 12.9 Å². The van der Waals surface area contributed by atoms with Crippen molar-refractivity contribution in [3.05, 3.63) is 6.33 Å². The summed E-state index contributed by atoms with van der Waals surface area (Å²) in [4.78, 5) is 12.6. The highest BCUT2D eigenvalue weighted by Gasteiger charge is 2.44.